The van der Waals surface area contributed by atoms with E-state index in [-0.39, 0.29) is 5.92 Å². The molecule has 2 aromatic heterocycles. The van der Waals surface area contributed by atoms with Gasteiger partial charge in [0.2, 0.25) is 0 Å². The summed E-state index contributed by atoms with van der Waals surface area (Å²) in [7, 11) is 0. The lowest BCUT2D eigenvalue weighted by molar-refractivity contribution is 0.668. The predicted molar refractivity (Wildman–Crippen MR) is 243 cm³/mol. The highest BCUT2D eigenvalue weighted by molar-refractivity contribution is 6.24. The van der Waals surface area contributed by atoms with Crippen LogP contribution in [0.25, 0.3) is 44.5 Å². The molecule has 1 saturated carbocycles. The van der Waals surface area contributed by atoms with E-state index in [4.69, 9.17) is 29.4 Å². The number of nitriles is 1. The lowest BCUT2D eigenvalue weighted by Gasteiger charge is -2.09. The molecule has 2 aliphatic rings. The maximum Gasteiger partial charge on any atom is 0.179 e. The Kier molecular flexibility index (Phi) is 9.28. The van der Waals surface area contributed by atoms with Gasteiger partial charge in [-0.2, -0.15) is 5.26 Å². The lowest BCUT2D eigenvalue weighted by Crippen LogP contribution is -2.09. The van der Waals surface area contributed by atoms with Crippen LogP contribution in [-0.4, -0.2) is 28.1 Å². The fourth-order valence-corrected chi connectivity index (χ4v) is 7.86. The van der Waals surface area contributed by atoms with Crippen molar-refractivity contribution in [2.24, 2.45) is 25.9 Å². The Labute approximate surface area is 347 Å². The van der Waals surface area contributed by atoms with Crippen LogP contribution in [0.3, 0.4) is 0 Å². The fourth-order valence-electron chi connectivity index (χ4n) is 7.86. The van der Waals surface area contributed by atoms with Crippen molar-refractivity contribution in [2.45, 2.75) is 13.3 Å². The van der Waals surface area contributed by atoms with Crippen molar-refractivity contribution in [3.8, 4) is 17.2 Å². The van der Waals surface area contributed by atoms with Crippen LogP contribution in [0.4, 0.5) is 0 Å². The van der Waals surface area contributed by atoms with Gasteiger partial charge in [0.25, 0.3) is 0 Å². The second kappa shape index (κ2) is 15.4. The first-order valence-electron chi connectivity index (χ1n) is 19.8. The largest absolute Gasteiger partial charge is 0.456 e. The van der Waals surface area contributed by atoms with Gasteiger partial charge in [0.05, 0.1) is 34.1 Å². The van der Waals surface area contributed by atoms with Gasteiger partial charge in [-0.3, -0.25) is 4.98 Å². The summed E-state index contributed by atoms with van der Waals surface area (Å²) in [5.74, 6) is 1.19. The maximum atomic E-state index is 9.76. The number of amidine groups is 2. The summed E-state index contributed by atoms with van der Waals surface area (Å²) in [5, 5.41) is 11.4. The van der Waals surface area contributed by atoms with Gasteiger partial charge in [-0.25, -0.2) is 20.0 Å². The molecule has 60 heavy (non-hydrogen) atoms. The van der Waals surface area contributed by atoms with E-state index < -0.39 is 0 Å². The molecule has 7 heteroatoms. The number of benzene rings is 6. The van der Waals surface area contributed by atoms with E-state index in [1.807, 2.05) is 128 Å². The van der Waals surface area contributed by atoms with E-state index in [2.05, 4.69) is 55.1 Å². The van der Waals surface area contributed by atoms with Crippen LogP contribution < -0.4 is 0 Å². The molecule has 1 aliphatic carbocycles. The molecule has 0 saturated heterocycles. The zero-order valence-electron chi connectivity index (χ0n) is 32.7. The fraction of sp³-hybridized carbons (Fsp3) is 0.0566. The molecule has 0 spiro atoms. The van der Waals surface area contributed by atoms with E-state index in [0.717, 1.165) is 73.3 Å². The average molecular weight is 773 g/mol. The summed E-state index contributed by atoms with van der Waals surface area (Å²) >= 11 is 0. The SMILES string of the molecule is C=C(/N=C(\N=C(/C)c1ccccc1)c1ccccc1)c1ccc2oc3ccnc(C4=NC(c5ccccc5)=C5CC5C(c5ccc(-c6ccccc6C#N)cc5)=N4)c3c2c1. The first kappa shape index (κ1) is 36.3. The Morgan fingerprint density at radius 1 is 0.683 bits per heavy atom. The van der Waals surface area contributed by atoms with Crippen molar-refractivity contribution in [2.75, 3.05) is 0 Å². The second-order valence-electron chi connectivity index (χ2n) is 14.8. The Morgan fingerprint density at radius 2 is 1.37 bits per heavy atom. The first-order valence-corrected chi connectivity index (χ1v) is 19.8. The molecule has 1 unspecified atom stereocenters. The molecule has 1 aliphatic heterocycles. The summed E-state index contributed by atoms with van der Waals surface area (Å²) in [6.45, 7) is 6.42. The number of aliphatic imine (C=N–C) groups is 4. The molecule has 10 rings (SSSR count). The average Bonchev–Trinajstić information content (AvgIpc) is 4.03. The van der Waals surface area contributed by atoms with Crippen LogP contribution in [-0.2, 0) is 0 Å². The lowest BCUT2D eigenvalue weighted by atomic mass is 9.97. The summed E-state index contributed by atoms with van der Waals surface area (Å²) in [6, 6.07) is 56.5. The van der Waals surface area contributed by atoms with E-state index in [0.29, 0.717) is 39.8 Å². The smallest absolute Gasteiger partial charge is 0.179 e. The molecule has 3 heterocycles. The number of hydrogen-bond acceptors (Lipinski definition) is 6. The zero-order valence-corrected chi connectivity index (χ0v) is 32.7. The van der Waals surface area contributed by atoms with Gasteiger partial charge >= 0.3 is 0 Å². The molecule has 0 radical (unpaired) electrons. The van der Waals surface area contributed by atoms with Crippen LogP contribution in [0, 0.1) is 17.2 Å². The third kappa shape index (κ3) is 6.86. The molecule has 0 bridgehead atoms. The minimum absolute atomic E-state index is 0.110. The minimum Gasteiger partial charge on any atom is -0.456 e. The van der Waals surface area contributed by atoms with Crippen molar-refractivity contribution >= 4 is 56.4 Å². The van der Waals surface area contributed by atoms with Crippen LogP contribution in [0.2, 0.25) is 0 Å². The van der Waals surface area contributed by atoms with Crippen molar-refractivity contribution in [3.05, 3.63) is 221 Å². The normalized spacial score (nSPS) is 15.2. The molecule has 6 aromatic carbocycles. The molecule has 1 fully saturated rings. The van der Waals surface area contributed by atoms with Crippen molar-refractivity contribution in [1.82, 2.24) is 4.98 Å². The molecule has 284 valence electrons. The number of rotatable bonds is 8. The topological polar surface area (TPSA) is 99.3 Å². The number of furan rings is 1. The van der Waals surface area contributed by atoms with Gasteiger partial charge in [0.15, 0.2) is 11.7 Å². The van der Waals surface area contributed by atoms with Crippen LogP contribution >= 0.6 is 0 Å². The minimum atomic E-state index is 0.110. The second-order valence-corrected chi connectivity index (χ2v) is 14.8. The van der Waals surface area contributed by atoms with Crippen LogP contribution in [0.5, 0.6) is 0 Å². The Morgan fingerprint density at radius 3 is 2.12 bits per heavy atom. The third-order valence-corrected chi connectivity index (χ3v) is 11.0. The number of pyridine rings is 1. The highest BCUT2D eigenvalue weighted by atomic mass is 16.3. The number of aromatic nitrogens is 1. The Bertz CT molecular complexity index is 3180. The van der Waals surface area contributed by atoms with E-state index in [1.165, 1.54) is 5.57 Å². The van der Waals surface area contributed by atoms with E-state index in [9.17, 15) is 5.26 Å². The monoisotopic (exact) mass is 772 g/mol. The van der Waals surface area contributed by atoms with Gasteiger partial charge in [-0.15, -0.1) is 0 Å². The standard InChI is InChI=1S/C53H36N6O/c1-33(35-14-6-3-7-15-35)56-52(39-18-10-5-11-19-39)57-34(2)40-26-27-46-45(30-40)48-47(60-46)28-29-55-51(48)53-58-49(37-16-8-4-9-17-37)43-31-44(43)50(59-53)38-24-22-36(23-25-38)42-21-13-12-20-41(42)32-54/h3-30,44H,2,31H2,1H3/b56-33+,57-52-. The van der Waals surface area contributed by atoms with Crippen molar-refractivity contribution in [1.29, 1.82) is 5.26 Å². The number of nitrogens with zero attached hydrogens (tertiary/aromatic N) is 6. The Hall–Kier alpha value is -8.08. The number of allylic oxidation sites excluding steroid dienone is 1. The highest BCUT2D eigenvalue weighted by Crippen LogP contribution is 2.48. The van der Waals surface area contributed by atoms with Crippen LogP contribution in [0.15, 0.2) is 207 Å². The summed E-state index contributed by atoms with van der Waals surface area (Å²) in [4.78, 5) is 25.7. The van der Waals surface area contributed by atoms with Gasteiger partial charge < -0.3 is 4.42 Å². The highest BCUT2D eigenvalue weighted by Gasteiger charge is 2.41. The van der Waals surface area contributed by atoms with Crippen molar-refractivity contribution < 1.29 is 4.42 Å². The maximum absolute atomic E-state index is 9.76. The first-order chi connectivity index (χ1) is 29.5. The van der Waals surface area contributed by atoms with E-state index in [1.54, 1.807) is 6.20 Å². The van der Waals surface area contributed by atoms with E-state index >= 15 is 0 Å². The van der Waals surface area contributed by atoms with Gasteiger partial charge in [-0.05, 0) is 71.5 Å². The molecule has 0 N–H and O–H groups in total. The predicted octanol–water partition coefficient (Wildman–Crippen LogP) is 12.1. The van der Waals surface area contributed by atoms with Crippen molar-refractivity contribution in [3.63, 3.8) is 0 Å². The third-order valence-electron chi connectivity index (χ3n) is 11.0. The zero-order chi connectivity index (χ0) is 40.6. The van der Waals surface area contributed by atoms with Gasteiger partial charge in [-0.1, -0.05) is 140 Å². The molecule has 0 amide bonds. The molecular weight excluding hydrogens is 737 g/mol. The molecular formula is C53H36N6O. The summed E-state index contributed by atoms with van der Waals surface area (Å²) in [6.07, 6.45) is 2.63. The summed E-state index contributed by atoms with van der Waals surface area (Å²) < 4.78 is 6.46. The number of hydrogen-bond donors (Lipinski definition) is 0. The summed E-state index contributed by atoms with van der Waals surface area (Å²) in [5.41, 5.74) is 13.8. The van der Waals surface area contributed by atoms with Gasteiger partial charge in [0.1, 0.15) is 16.9 Å². The molecule has 8 aromatic rings. The van der Waals surface area contributed by atoms with Crippen LogP contribution in [0.1, 0.15) is 52.4 Å². The number of fused-ring (bicyclic) bond motifs is 4. The van der Waals surface area contributed by atoms with Gasteiger partial charge in [0, 0.05) is 39.9 Å². The quantitative estimate of drug-likeness (QED) is 0.114. The molecule has 1 atom stereocenters. The molecule has 7 nitrogen and oxygen atoms in total. The Balaban J connectivity index is 1.09.